The minimum atomic E-state index is -0.843. The molecule has 0 N–H and O–H groups in total. The third kappa shape index (κ3) is 4.16. The maximum atomic E-state index is 13.8. The van der Waals surface area contributed by atoms with Gasteiger partial charge in [0.2, 0.25) is 0 Å². The lowest BCUT2D eigenvalue weighted by atomic mass is 9.91. The molecule has 8 heteroatoms. The Bertz CT molecular complexity index is 1340. The van der Waals surface area contributed by atoms with E-state index in [1.807, 2.05) is 52.7 Å². The van der Waals surface area contributed by atoms with E-state index in [2.05, 4.69) is 10.1 Å². The number of benzene rings is 2. The Morgan fingerprint density at radius 2 is 1.97 bits per heavy atom. The minimum Gasteiger partial charge on any atom is -0.495 e. The number of hydrogen-bond acceptors (Lipinski definition) is 4. The summed E-state index contributed by atoms with van der Waals surface area (Å²) in [7, 11) is 1.64. The molecule has 5 rings (SSSR count). The highest BCUT2D eigenvalue weighted by Crippen LogP contribution is 2.33. The highest BCUT2D eigenvalue weighted by atomic mass is 19.2. The van der Waals surface area contributed by atoms with Gasteiger partial charge in [0, 0.05) is 18.7 Å². The average Bonchev–Trinajstić information content (AvgIpc) is 3.45. The normalized spacial score (nSPS) is 15.7. The summed E-state index contributed by atoms with van der Waals surface area (Å²) in [6.45, 7) is 2.69. The van der Waals surface area contributed by atoms with Crippen molar-refractivity contribution in [1.82, 2.24) is 24.3 Å². The number of methoxy groups -OCH3 is 1. The Labute approximate surface area is 190 Å². The van der Waals surface area contributed by atoms with E-state index >= 15 is 0 Å². The molecule has 2 aromatic carbocycles. The number of aryl methyl sites for hydroxylation is 2. The maximum Gasteiger partial charge on any atom is 0.174 e. The Morgan fingerprint density at radius 3 is 2.73 bits per heavy atom. The highest BCUT2D eigenvalue weighted by molar-refractivity contribution is 5.69. The van der Waals surface area contributed by atoms with Crippen LogP contribution in [0.2, 0.25) is 0 Å². The molecular formula is C25H23F2N5O. The van der Waals surface area contributed by atoms with E-state index < -0.39 is 11.6 Å². The molecule has 0 bridgehead atoms. The quantitative estimate of drug-likeness (QED) is 0.424. The topological polar surface area (TPSA) is 57.8 Å². The summed E-state index contributed by atoms with van der Waals surface area (Å²) in [4.78, 5) is 8.96. The first-order valence-electron chi connectivity index (χ1n) is 10.8. The van der Waals surface area contributed by atoms with Crippen molar-refractivity contribution in [3.05, 3.63) is 89.0 Å². The van der Waals surface area contributed by atoms with Crippen molar-refractivity contribution < 1.29 is 13.5 Å². The number of nitrogens with zero attached hydrogens (tertiary/aromatic N) is 5. The first kappa shape index (κ1) is 21.1. The SMILES string of the molecule is COc1cc(/C=C/c2nc3n(n2)CCC[C@@H]3c2ccc(F)c(F)c2)ccc1-n1cnc(C)c1. The number of fused-ring (bicyclic) bond motifs is 1. The number of imidazole rings is 1. The summed E-state index contributed by atoms with van der Waals surface area (Å²) < 4.78 is 36.5. The van der Waals surface area contributed by atoms with Gasteiger partial charge in [0.1, 0.15) is 11.6 Å². The van der Waals surface area contributed by atoms with Crippen LogP contribution in [0, 0.1) is 18.6 Å². The van der Waals surface area contributed by atoms with Crippen LogP contribution in [0.3, 0.4) is 0 Å². The van der Waals surface area contributed by atoms with Crippen LogP contribution >= 0.6 is 0 Å². The molecule has 0 radical (unpaired) electrons. The van der Waals surface area contributed by atoms with Crippen LogP contribution in [0.25, 0.3) is 17.8 Å². The van der Waals surface area contributed by atoms with Crippen LogP contribution < -0.4 is 4.74 Å². The zero-order valence-electron chi connectivity index (χ0n) is 18.4. The van der Waals surface area contributed by atoms with Gasteiger partial charge >= 0.3 is 0 Å². The fraction of sp³-hybridized carbons (Fsp3) is 0.240. The zero-order chi connectivity index (χ0) is 22.9. The summed E-state index contributed by atoms with van der Waals surface area (Å²) in [6.07, 6.45) is 9.19. The van der Waals surface area contributed by atoms with Crippen molar-refractivity contribution in [2.75, 3.05) is 7.11 Å². The lowest BCUT2D eigenvalue weighted by molar-refractivity contribution is 0.413. The summed E-state index contributed by atoms with van der Waals surface area (Å²) in [5, 5.41) is 4.60. The molecule has 168 valence electrons. The molecule has 4 aromatic rings. The molecule has 0 saturated heterocycles. The summed E-state index contributed by atoms with van der Waals surface area (Å²) >= 11 is 0. The van der Waals surface area contributed by atoms with E-state index in [0.29, 0.717) is 11.4 Å². The Hall–Kier alpha value is -3.81. The third-order valence-electron chi connectivity index (χ3n) is 5.86. The molecule has 1 aliphatic heterocycles. The van der Waals surface area contributed by atoms with Gasteiger partial charge in [0.25, 0.3) is 0 Å². The molecule has 1 aliphatic rings. The van der Waals surface area contributed by atoms with Gasteiger partial charge in [-0.3, -0.25) is 0 Å². The van der Waals surface area contributed by atoms with Crippen LogP contribution in [-0.4, -0.2) is 31.4 Å². The lowest BCUT2D eigenvalue weighted by Crippen LogP contribution is -2.18. The van der Waals surface area contributed by atoms with Crippen LogP contribution in [0.4, 0.5) is 8.78 Å². The van der Waals surface area contributed by atoms with E-state index in [1.165, 1.54) is 12.1 Å². The molecule has 0 spiro atoms. The van der Waals surface area contributed by atoms with E-state index in [9.17, 15) is 8.78 Å². The van der Waals surface area contributed by atoms with Crippen LogP contribution in [-0.2, 0) is 6.54 Å². The molecule has 0 aliphatic carbocycles. The first-order valence-corrected chi connectivity index (χ1v) is 10.8. The van der Waals surface area contributed by atoms with Gasteiger partial charge < -0.3 is 9.30 Å². The van der Waals surface area contributed by atoms with Crippen molar-refractivity contribution >= 4 is 12.2 Å². The predicted molar refractivity (Wildman–Crippen MR) is 121 cm³/mol. The van der Waals surface area contributed by atoms with Crippen LogP contribution in [0.15, 0.2) is 48.9 Å². The Morgan fingerprint density at radius 1 is 1.09 bits per heavy atom. The van der Waals surface area contributed by atoms with Gasteiger partial charge in [-0.1, -0.05) is 18.2 Å². The molecular weight excluding hydrogens is 424 g/mol. The van der Waals surface area contributed by atoms with Gasteiger partial charge in [-0.15, -0.1) is 0 Å². The largest absolute Gasteiger partial charge is 0.495 e. The molecule has 0 saturated carbocycles. The highest BCUT2D eigenvalue weighted by Gasteiger charge is 2.26. The van der Waals surface area contributed by atoms with E-state index in [-0.39, 0.29) is 5.92 Å². The summed E-state index contributed by atoms with van der Waals surface area (Å²) in [5.41, 5.74) is 3.49. The maximum absolute atomic E-state index is 13.8. The smallest absolute Gasteiger partial charge is 0.174 e. The second-order valence-corrected chi connectivity index (χ2v) is 8.11. The zero-order valence-corrected chi connectivity index (χ0v) is 18.4. The van der Waals surface area contributed by atoms with Gasteiger partial charge in [-0.05, 0) is 61.2 Å². The number of halogens is 2. The van der Waals surface area contributed by atoms with E-state index in [0.717, 1.165) is 47.9 Å². The number of hydrogen-bond donors (Lipinski definition) is 0. The van der Waals surface area contributed by atoms with Gasteiger partial charge in [-0.2, -0.15) is 5.10 Å². The van der Waals surface area contributed by atoms with Crippen molar-refractivity contribution in [2.45, 2.75) is 32.2 Å². The molecule has 3 heterocycles. The van der Waals surface area contributed by atoms with Crippen molar-refractivity contribution in [2.24, 2.45) is 0 Å². The number of ether oxygens (including phenoxy) is 1. The molecule has 0 amide bonds. The van der Waals surface area contributed by atoms with Crippen molar-refractivity contribution in [3.8, 4) is 11.4 Å². The summed E-state index contributed by atoms with van der Waals surface area (Å²) in [5.74, 6) is 0.284. The van der Waals surface area contributed by atoms with Crippen molar-refractivity contribution in [1.29, 1.82) is 0 Å². The molecule has 6 nitrogen and oxygen atoms in total. The fourth-order valence-electron chi connectivity index (χ4n) is 4.22. The second kappa shape index (κ2) is 8.61. The molecule has 1 atom stereocenters. The van der Waals surface area contributed by atoms with Crippen LogP contribution in [0.5, 0.6) is 5.75 Å². The monoisotopic (exact) mass is 447 g/mol. The lowest BCUT2D eigenvalue weighted by Gasteiger charge is -2.22. The fourth-order valence-corrected chi connectivity index (χ4v) is 4.22. The number of rotatable bonds is 5. The summed E-state index contributed by atoms with van der Waals surface area (Å²) in [6, 6.07) is 9.96. The molecule has 33 heavy (non-hydrogen) atoms. The predicted octanol–water partition coefficient (Wildman–Crippen LogP) is 5.16. The second-order valence-electron chi connectivity index (χ2n) is 8.11. The number of aromatic nitrogens is 5. The van der Waals surface area contributed by atoms with E-state index in [4.69, 9.17) is 9.72 Å². The molecule has 0 unspecified atom stereocenters. The molecule has 2 aromatic heterocycles. The van der Waals surface area contributed by atoms with Gasteiger partial charge in [0.05, 0.1) is 24.8 Å². The third-order valence-corrected chi connectivity index (χ3v) is 5.86. The van der Waals surface area contributed by atoms with Crippen molar-refractivity contribution in [3.63, 3.8) is 0 Å². The van der Waals surface area contributed by atoms with Gasteiger partial charge in [0.15, 0.2) is 17.5 Å². The Balaban J connectivity index is 1.41. The minimum absolute atomic E-state index is 0.110. The van der Waals surface area contributed by atoms with Gasteiger partial charge in [-0.25, -0.2) is 23.4 Å². The molecule has 0 fully saturated rings. The first-order chi connectivity index (χ1) is 16.0. The van der Waals surface area contributed by atoms with E-state index in [1.54, 1.807) is 19.5 Å². The average molecular weight is 447 g/mol. The standard InChI is InChI=1S/C25H23F2N5O/c1-16-14-31(15-28-16)22-9-5-17(12-23(22)33-2)6-10-24-29-25-19(4-3-11-32(25)30-24)18-7-8-20(26)21(27)13-18/h5-10,12-15,19H,3-4,11H2,1-2H3/b10-6+/t19-/m1/s1. The Kier molecular flexibility index (Phi) is 5.50. The van der Waals surface area contributed by atoms with Crippen LogP contribution in [0.1, 0.15) is 47.2 Å².